The average molecular weight is 543 g/mol. The molecule has 0 aromatic heterocycles. The highest BCUT2D eigenvalue weighted by Gasteiger charge is 2.35. The summed E-state index contributed by atoms with van der Waals surface area (Å²) < 4.78 is 36.0. The molecule has 0 aliphatic carbocycles. The Balaban J connectivity index is 1.79. The third-order valence-electron chi connectivity index (χ3n) is 6.44. The fraction of sp³-hybridized carbons (Fsp3) is 0.516. The number of carboxylic acids is 1. The van der Waals surface area contributed by atoms with Crippen LogP contribution in [0.4, 0.5) is 0 Å². The second-order valence-electron chi connectivity index (χ2n) is 9.59. The number of rotatable bonds is 12. The summed E-state index contributed by atoms with van der Waals surface area (Å²) in [5, 5.41) is 9.46. The lowest BCUT2D eigenvalue weighted by Crippen LogP contribution is -2.46. The van der Waals surface area contributed by atoms with E-state index in [1.54, 1.807) is 0 Å². The van der Waals surface area contributed by atoms with Crippen molar-refractivity contribution in [1.82, 2.24) is 0 Å². The van der Waals surface area contributed by atoms with Crippen molar-refractivity contribution in [1.29, 1.82) is 0 Å². The van der Waals surface area contributed by atoms with Crippen molar-refractivity contribution in [2.75, 3.05) is 46.2 Å². The summed E-state index contributed by atoms with van der Waals surface area (Å²) >= 11 is 0. The van der Waals surface area contributed by atoms with E-state index in [0.717, 1.165) is 38.5 Å². The van der Waals surface area contributed by atoms with E-state index < -0.39 is 18.2 Å². The number of ether oxygens (including phenoxy) is 6. The molecule has 8 heteroatoms. The van der Waals surface area contributed by atoms with Gasteiger partial charge in [0.05, 0.1) is 13.2 Å². The maximum atomic E-state index is 11.5. The van der Waals surface area contributed by atoms with Crippen LogP contribution in [0.1, 0.15) is 51.4 Å². The molecule has 39 heavy (non-hydrogen) atoms. The Labute approximate surface area is 231 Å². The molecule has 1 N–H and O–H groups in total. The Bertz CT molecular complexity index is 937. The molecule has 1 heterocycles. The average Bonchev–Trinajstić information content (AvgIpc) is 2.95. The van der Waals surface area contributed by atoms with Crippen LogP contribution in [0.25, 0.3) is 0 Å². The van der Waals surface area contributed by atoms with Crippen LogP contribution in [0, 0.1) is 0 Å². The molecule has 8 nitrogen and oxygen atoms in total. The van der Waals surface area contributed by atoms with Crippen LogP contribution >= 0.6 is 0 Å². The van der Waals surface area contributed by atoms with Crippen molar-refractivity contribution in [3.05, 3.63) is 61.2 Å². The van der Waals surface area contributed by atoms with E-state index in [1.165, 1.54) is 6.42 Å². The smallest absolute Gasteiger partial charge is 0.329 e. The van der Waals surface area contributed by atoms with Gasteiger partial charge in [0.25, 0.3) is 0 Å². The molecular formula is C31H42O8. The fourth-order valence-electron chi connectivity index (χ4n) is 4.32. The number of para-hydroxylation sites is 4. The quantitative estimate of drug-likeness (QED) is 0.255. The molecule has 0 fully saturated rings. The van der Waals surface area contributed by atoms with Gasteiger partial charge in [-0.05, 0) is 43.5 Å². The summed E-state index contributed by atoms with van der Waals surface area (Å²) in [6.07, 6.45) is 10.0. The zero-order valence-corrected chi connectivity index (χ0v) is 22.8. The summed E-state index contributed by atoms with van der Waals surface area (Å²) in [7, 11) is 0. The van der Waals surface area contributed by atoms with Gasteiger partial charge in [0.2, 0.25) is 0 Å². The summed E-state index contributed by atoms with van der Waals surface area (Å²) in [6.45, 7) is 5.02. The van der Waals surface area contributed by atoms with Gasteiger partial charge in [-0.15, -0.1) is 6.58 Å². The first-order chi connectivity index (χ1) is 19.1. The van der Waals surface area contributed by atoms with Gasteiger partial charge in [-0.1, -0.05) is 62.4 Å². The molecule has 0 saturated carbocycles. The predicted octanol–water partition coefficient (Wildman–Crippen LogP) is 6.08. The lowest BCUT2D eigenvalue weighted by atomic mass is 9.96. The predicted molar refractivity (Wildman–Crippen MR) is 149 cm³/mol. The number of carboxylic acid groups (broad SMARTS) is 1. The molecule has 3 rings (SSSR count). The van der Waals surface area contributed by atoms with Gasteiger partial charge >= 0.3 is 5.97 Å². The van der Waals surface area contributed by atoms with Crippen LogP contribution in [0.2, 0.25) is 0 Å². The van der Waals surface area contributed by atoms with Crippen molar-refractivity contribution in [3.63, 3.8) is 0 Å². The van der Waals surface area contributed by atoms with Crippen LogP contribution in [0.5, 0.6) is 23.0 Å². The Hall–Kier alpha value is -3.23. The van der Waals surface area contributed by atoms with Crippen molar-refractivity contribution in [2.24, 2.45) is 0 Å². The first-order valence-electron chi connectivity index (χ1n) is 13.9. The van der Waals surface area contributed by atoms with E-state index in [4.69, 9.17) is 28.4 Å². The minimum atomic E-state index is -1.05. The molecule has 1 aliphatic heterocycles. The second kappa shape index (κ2) is 17.4. The van der Waals surface area contributed by atoms with E-state index >= 15 is 0 Å². The number of allylic oxidation sites excluding steroid dienone is 1. The highest BCUT2D eigenvalue weighted by Crippen LogP contribution is 2.32. The number of aliphatic carboxylic acids is 1. The molecule has 2 aromatic carbocycles. The highest BCUT2D eigenvalue weighted by atomic mass is 16.6. The van der Waals surface area contributed by atoms with Gasteiger partial charge in [-0.25, -0.2) is 4.79 Å². The van der Waals surface area contributed by atoms with Crippen LogP contribution in [0.15, 0.2) is 61.2 Å². The molecule has 0 atom stereocenters. The number of hydrogen-bond donors (Lipinski definition) is 1. The van der Waals surface area contributed by atoms with Gasteiger partial charge in [-0.3, -0.25) is 0 Å². The van der Waals surface area contributed by atoms with Crippen LogP contribution in [-0.2, 0) is 14.3 Å². The van der Waals surface area contributed by atoms with Gasteiger partial charge in [-0.2, -0.15) is 0 Å². The Kier molecular flexibility index (Phi) is 13.5. The Morgan fingerprint density at radius 3 is 1.77 bits per heavy atom. The van der Waals surface area contributed by atoms with Crippen LogP contribution in [0.3, 0.4) is 0 Å². The Morgan fingerprint density at radius 2 is 1.26 bits per heavy atom. The summed E-state index contributed by atoms with van der Waals surface area (Å²) in [5.41, 5.74) is -0.998. The maximum absolute atomic E-state index is 11.5. The van der Waals surface area contributed by atoms with E-state index in [9.17, 15) is 9.90 Å². The topological polar surface area (TPSA) is 92.7 Å². The SMILES string of the molecule is C=CCCCCCCCCC1(OCC(=O)O)COc2ccccc2OCCOCCOc2ccccc2OC1. The zero-order chi connectivity index (χ0) is 27.6. The van der Waals surface area contributed by atoms with Gasteiger partial charge in [0.15, 0.2) is 23.0 Å². The number of unbranched alkanes of at least 4 members (excludes halogenated alkanes) is 6. The third kappa shape index (κ3) is 11.2. The lowest BCUT2D eigenvalue weighted by molar-refractivity contribution is -0.156. The molecule has 0 amide bonds. The lowest BCUT2D eigenvalue weighted by Gasteiger charge is -2.33. The largest absolute Gasteiger partial charge is 0.487 e. The number of hydrogen-bond acceptors (Lipinski definition) is 7. The van der Waals surface area contributed by atoms with E-state index in [2.05, 4.69) is 6.58 Å². The maximum Gasteiger partial charge on any atom is 0.329 e. The van der Waals surface area contributed by atoms with Crippen LogP contribution in [-0.4, -0.2) is 62.9 Å². The molecule has 0 saturated heterocycles. The van der Waals surface area contributed by atoms with E-state index in [1.807, 2.05) is 54.6 Å². The summed E-state index contributed by atoms with van der Waals surface area (Å²) in [5.74, 6) is 1.23. The van der Waals surface area contributed by atoms with E-state index in [-0.39, 0.29) is 13.2 Å². The minimum absolute atomic E-state index is 0.0967. The summed E-state index contributed by atoms with van der Waals surface area (Å²) in [6, 6.07) is 14.8. The third-order valence-corrected chi connectivity index (χ3v) is 6.44. The number of fused-ring (bicyclic) bond motifs is 2. The fourth-order valence-corrected chi connectivity index (χ4v) is 4.32. The van der Waals surface area contributed by atoms with Gasteiger partial charge < -0.3 is 33.5 Å². The molecule has 214 valence electrons. The van der Waals surface area contributed by atoms with Crippen LogP contribution < -0.4 is 18.9 Å². The Morgan fingerprint density at radius 1 is 0.769 bits per heavy atom. The first-order valence-corrected chi connectivity index (χ1v) is 13.9. The minimum Gasteiger partial charge on any atom is -0.487 e. The van der Waals surface area contributed by atoms with E-state index in [0.29, 0.717) is 55.8 Å². The molecule has 0 unspecified atom stereocenters. The van der Waals surface area contributed by atoms with Gasteiger partial charge in [0.1, 0.15) is 38.6 Å². The molecule has 2 aromatic rings. The second-order valence-corrected chi connectivity index (χ2v) is 9.59. The first kappa shape index (κ1) is 30.3. The zero-order valence-electron chi connectivity index (χ0n) is 22.8. The number of benzene rings is 2. The van der Waals surface area contributed by atoms with Gasteiger partial charge in [0, 0.05) is 0 Å². The molecule has 0 spiro atoms. The molecule has 1 aliphatic rings. The highest BCUT2D eigenvalue weighted by molar-refractivity contribution is 5.68. The van der Waals surface area contributed by atoms with Crippen molar-refractivity contribution in [3.8, 4) is 23.0 Å². The van der Waals surface area contributed by atoms with Crippen molar-refractivity contribution in [2.45, 2.75) is 57.0 Å². The van der Waals surface area contributed by atoms with Crippen molar-refractivity contribution < 1.29 is 38.3 Å². The molecule has 0 radical (unpaired) electrons. The molecule has 0 bridgehead atoms. The summed E-state index contributed by atoms with van der Waals surface area (Å²) in [4.78, 5) is 11.5. The van der Waals surface area contributed by atoms with Crippen molar-refractivity contribution >= 4 is 5.97 Å². The normalized spacial score (nSPS) is 15.8. The standard InChI is InChI=1S/C31H42O8/c1-2-3-4-5-6-7-8-13-18-31(39-23-30(32)33)24-37-28-16-11-9-14-26(28)35-21-19-34-20-22-36-27-15-10-12-17-29(27)38-25-31/h2,9-12,14-17H,1,3-8,13,18-25H2,(H,32,33). The monoisotopic (exact) mass is 542 g/mol. The number of carbonyl (C=O) groups is 1. The molecular weight excluding hydrogens is 500 g/mol.